The Kier molecular flexibility index (Phi) is 3.20. The van der Waals surface area contributed by atoms with E-state index >= 15 is 0 Å². The summed E-state index contributed by atoms with van der Waals surface area (Å²) in [6.45, 7) is 5.36. The predicted octanol–water partition coefficient (Wildman–Crippen LogP) is 2.91. The van der Waals surface area contributed by atoms with Gasteiger partial charge in [0.25, 0.3) is 0 Å². The minimum atomic E-state index is -0.548. The minimum Gasteiger partial charge on any atom is -0.443 e. The van der Waals surface area contributed by atoms with Crippen LogP contribution in [-0.2, 0) is 4.74 Å². The second kappa shape index (κ2) is 4.07. The van der Waals surface area contributed by atoms with E-state index in [0.717, 1.165) is 0 Å². The molecule has 0 atom stereocenters. The van der Waals surface area contributed by atoms with Gasteiger partial charge < -0.3 is 4.74 Å². The maximum Gasteiger partial charge on any atom is 0.419 e. The number of hydrogen-bond donors (Lipinski definition) is 0. The van der Waals surface area contributed by atoms with Gasteiger partial charge in [0.2, 0.25) is 0 Å². The SMILES string of the molecule is CC(C)(C)OC(=O)n1cc(C#N)cc1Br. The van der Waals surface area contributed by atoms with E-state index in [-0.39, 0.29) is 0 Å². The second-order valence-corrected chi connectivity index (χ2v) is 4.83. The van der Waals surface area contributed by atoms with Crippen LogP contribution in [0.1, 0.15) is 26.3 Å². The van der Waals surface area contributed by atoms with Crippen molar-refractivity contribution in [3.63, 3.8) is 0 Å². The molecule has 1 rings (SSSR count). The number of rotatable bonds is 0. The van der Waals surface area contributed by atoms with Crippen molar-refractivity contribution in [1.29, 1.82) is 5.26 Å². The lowest BCUT2D eigenvalue weighted by atomic mass is 10.2. The van der Waals surface area contributed by atoms with Crippen LogP contribution in [-0.4, -0.2) is 16.3 Å². The summed E-state index contributed by atoms with van der Waals surface area (Å²) in [5, 5.41) is 8.65. The molecular formula is C10H11BrN2O2. The molecule has 0 unspecified atom stereocenters. The predicted molar refractivity (Wildman–Crippen MR) is 58.5 cm³/mol. The lowest BCUT2D eigenvalue weighted by molar-refractivity contribution is 0.0534. The fourth-order valence-electron chi connectivity index (χ4n) is 0.948. The van der Waals surface area contributed by atoms with Crippen LogP contribution in [0.3, 0.4) is 0 Å². The highest BCUT2D eigenvalue weighted by atomic mass is 79.9. The number of aromatic nitrogens is 1. The van der Waals surface area contributed by atoms with Crippen LogP contribution >= 0.6 is 15.9 Å². The van der Waals surface area contributed by atoms with E-state index < -0.39 is 11.7 Å². The summed E-state index contributed by atoms with van der Waals surface area (Å²) in [5.41, 5.74) is -0.138. The van der Waals surface area contributed by atoms with Gasteiger partial charge in [-0.05, 0) is 42.8 Å². The van der Waals surface area contributed by atoms with Gasteiger partial charge >= 0.3 is 6.09 Å². The molecular weight excluding hydrogens is 260 g/mol. The average molecular weight is 271 g/mol. The van der Waals surface area contributed by atoms with Gasteiger partial charge in [-0.3, -0.25) is 0 Å². The summed E-state index contributed by atoms with van der Waals surface area (Å²) in [7, 11) is 0. The van der Waals surface area contributed by atoms with E-state index in [1.54, 1.807) is 26.8 Å². The molecule has 80 valence electrons. The molecule has 1 aromatic rings. The van der Waals surface area contributed by atoms with E-state index in [2.05, 4.69) is 15.9 Å². The number of hydrogen-bond acceptors (Lipinski definition) is 3. The Bertz CT molecular complexity index is 424. The maximum absolute atomic E-state index is 11.6. The molecule has 0 spiro atoms. The molecule has 5 heteroatoms. The minimum absolute atomic E-state index is 0.410. The first-order chi connectivity index (χ1) is 6.83. The van der Waals surface area contributed by atoms with E-state index in [4.69, 9.17) is 10.00 Å². The molecule has 0 amide bonds. The van der Waals surface area contributed by atoms with Crippen LogP contribution in [0.25, 0.3) is 0 Å². The van der Waals surface area contributed by atoms with Gasteiger partial charge in [0.1, 0.15) is 11.7 Å². The zero-order valence-electron chi connectivity index (χ0n) is 8.74. The molecule has 1 aromatic heterocycles. The van der Waals surface area contributed by atoms with Crippen molar-refractivity contribution in [2.75, 3.05) is 0 Å². The van der Waals surface area contributed by atoms with Gasteiger partial charge in [-0.25, -0.2) is 9.36 Å². The Labute approximate surface area is 96.6 Å². The number of carbonyl (C=O) groups is 1. The molecule has 0 aromatic carbocycles. The van der Waals surface area contributed by atoms with Crippen LogP contribution in [0.2, 0.25) is 0 Å². The van der Waals surface area contributed by atoms with Crippen LogP contribution in [0.4, 0.5) is 4.79 Å². The van der Waals surface area contributed by atoms with Crippen molar-refractivity contribution in [3.8, 4) is 6.07 Å². The molecule has 0 saturated heterocycles. The first kappa shape index (κ1) is 11.8. The summed E-state index contributed by atoms with van der Waals surface area (Å²) in [6.07, 6.45) is 0.925. The lowest BCUT2D eigenvalue weighted by Crippen LogP contribution is -2.26. The van der Waals surface area contributed by atoms with Crippen molar-refractivity contribution in [2.24, 2.45) is 0 Å². The van der Waals surface area contributed by atoms with E-state index in [9.17, 15) is 4.79 Å². The number of nitriles is 1. The molecule has 0 bridgehead atoms. The van der Waals surface area contributed by atoms with Gasteiger partial charge in [0, 0.05) is 6.20 Å². The first-order valence-electron chi connectivity index (χ1n) is 4.35. The Balaban J connectivity index is 2.93. The first-order valence-corrected chi connectivity index (χ1v) is 5.14. The number of ether oxygens (including phenoxy) is 1. The third-order valence-corrected chi connectivity index (χ3v) is 2.10. The van der Waals surface area contributed by atoms with Gasteiger partial charge in [-0.2, -0.15) is 5.26 Å². The molecule has 0 aliphatic carbocycles. The number of carbonyl (C=O) groups excluding carboxylic acids is 1. The molecule has 0 saturated carbocycles. The summed E-state index contributed by atoms with van der Waals surface area (Å²) >= 11 is 3.18. The summed E-state index contributed by atoms with van der Waals surface area (Å²) in [5.74, 6) is 0. The smallest absolute Gasteiger partial charge is 0.419 e. The van der Waals surface area contributed by atoms with E-state index in [0.29, 0.717) is 10.2 Å². The molecule has 4 nitrogen and oxygen atoms in total. The summed E-state index contributed by atoms with van der Waals surface area (Å²) < 4.78 is 6.91. The van der Waals surface area contributed by atoms with Gasteiger partial charge in [0.05, 0.1) is 10.2 Å². The third kappa shape index (κ3) is 3.10. The van der Waals surface area contributed by atoms with Crippen molar-refractivity contribution in [3.05, 3.63) is 22.4 Å². The summed E-state index contributed by atoms with van der Waals surface area (Å²) in [6, 6.07) is 3.51. The van der Waals surface area contributed by atoms with E-state index in [1.165, 1.54) is 10.8 Å². The van der Waals surface area contributed by atoms with Crippen molar-refractivity contribution < 1.29 is 9.53 Å². The lowest BCUT2D eigenvalue weighted by Gasteiger charge is -2.19. The molecule has 0 aliphatic rings. The fraction of sp³-hybridized carbons (Fsp3) is 0.400. The Morgan fingerprint density at radius 3 is 2.60 bits per heavy atom. The van der Waals surface area contributed by atoms with Crippen LogP contribution in [0.5, 0.6) is 0 Å². The van der Waals surface area contributed by atoms with Crippen molar-refractivity contribution >= 4 is 22.0 Å². The Hall–Kier alpha value is -1.28. The number of nitrogens with zero attached hydrogens (tertiary/aromatic N) is 2. The summed E-state index contributed by atoms with van der Waals surface area (Å²) in [4.78, 5) is 11.6. The number of halogens is 1. The standard InChI is InChI=1S/C10H11BrN2O2/c1-10(2,3)15-9(14)13-6-7(5-12)4-8(13)11/h4,6H,1-3H3. The van der Waals surface area contributed by atoms with Crippen LogP contribution < -0.4 is 0 Å². The molecule has 0 N–H and O–H groups in total. The Morgan fingerprint density at radius 2 is 2.20 bits per heavy atom. The van der Waals surface area contributed by atoms with Crippen molar-refractivity contribution in [1.82, 2.24) is 4.57 Å². The Morgan fingerprint density at radius 1 is 1.60 bits per heavy atom. The second-order valence-electron chi connectivity index (χ2n) is 4.01. The molecule has 0 radical (unpaired) electrons. The maximum atomic E-state index is 11.6. The molecule has 1 heterocycles. The normalized spacial score (nSPS) is 10.9. The monoisotopic (exact) mass is 270 g/mol. The highest BCUT2D eigenvalue weighted by Gasteiger charge is 2.19. The van der Waals surface area contributed by atoms with Gasteiger partial charge in [0.15, 0.2) is 0 Å². The van der Waals surface area contributed by atoms with Gasteiger partial charge in [-0.15, -0.1) is 0 Å². The van der Waals surface area contributed by atoms with E-state index in [1.807, 2.05) is 6.07 Å². The van der Waals surface area contributed by atoms with Crippen LogP contribution in [0, 0.1) is 11.3 Å². The van der Waals surface area contributed by atoms with Crippen LogP contribution in [0.15, 0.2) is 16.9 Å². The zero-order valence-corrected chi connectivity index (χ0v) is 10.3. The fourth-order valence-corrected chi connectivity index (χ4v) is 1.44. The zero-order chi connectivity index (χ0) is 11.6. The molecule has 0 aliphatic heterocycles. The molecule has 0 fully saturated rings. The average Bonchev–Trinajstić information content (AvgIpc) is 2.43. The largest absolute Gasteiger partial charge is 0.443 e. The highest BCUT2D eigenvalue weighted by Crippen LogP contribution is 2.17. The quantitative estimate of drug-likeness (QED) is 0.729. The highest BCUT2D eigenvalue weighted by molar-refractivity contribution is 9.10. The third-order valence-electron chi connectivity index (χ3n) is 1.49. The molecule has 15 heavy (non-hydrogen) atoms. The topological polar surface area (TPSA) is 55.0 Å². The van der Waals surface area contributed by atoms with Gasteiger partial charge in [-0.1, -0.05) is 0 Å². The van der Waals surface area contributed by atoms with Crippen molar-refractivity contribution in [2.45, 2.75) is 26.4 Å².